The molecular formula is C19H23ClN2O3S. The number of sulfonamides is 1. The topological polar surface area (TPSA) is 66.5 Å². The lowest BCUT2D eigenvalue weighted by Crippen LogP contribution is -2.43. The van der Waals surface area contributed by atoms with Gasteiger partial charge < -0.3 is 5.32 Å². The van der Waals surface area contributed by atoms with E-state index >= 15 is 0 Å². The molecule has 2 aromatic rings. The first-order valence-corrected chi connectivity index (χ1v) is 10.2. The summed E-state index contributed by atoms with van der Waals surface area (Å²) in [4.78, 5) is 12.5. The lowest BCUT2D eigenvalue weighted by Gasteiger charge is -2.25. The Morgan fingerprint density at radius 3 is 2.42 bits per heavy atom. The monoisotopic (exact) mass is 394 g/mol. The molecule has 0 aliphatic heterocycles. The number of nitrogens with one attached hydrogen (secondary N) is 1. The molecule has 7 heteroatoms. The molecule has 2 rings (SSSR count). The molecule has 0 saturated heterocycles. The molecule has 0 radical (unpaired) electrons. The fraction of sp³-hybridized carbons (Fsp3) is 0.316. The molecule has 0 fully saturated rings. The van der Waals surface area contributed by atoms with Gasteiger partial charge in [0.25, 0.3) is 10.0 Å². The Morgan fingerprint density at radius 2 is 1.85 bits per heavy atom. The standard InChI is InChI=1S/C19H23ClN2O3S/c1-4-15(3)21-19(23)13-22(17-7-5-6-16(20)12-17)26(24,25)18-10-8-14(2)9-11-18/h5-12,15H,4,13H2,1-3H3,(H,21,23). The van der Waals surface area contributed by atoms with Crippen LogP contribution >= 0.6 is 11.6 Å². The Kier molecular flexibility index (Phi) is 6.67. The molecule has 5 nitrogen and oxygen atoms in total. The minimum atomic E-state index is -3.91. The van der Waals surface area contributed by atoms with Gasteiger partial charge in [-0.15, -0.1) is 0 Å². The predicted molar refractivity (Wildman–Crippen MR) is 105 cm³/mol. The van der Waals surface area contributed by atoms with Gasteiger partial charge in [-0.05, 0) is 50.6 Å². The quantitative estimate of drug-likeness (QED) is 0.777. The van der Waals surface area contributed by atoms with Crippen LogP contribution in [0.4, 0.5) is 5.69 Å². The van der Waals surface area contributed by atoms with E-state index in [1.165, 1.54) is 18.2 Å². The number of nitrogens with zero attached hydrogens (tertiary/aromatic N) is 1. The molecule has 0 bridgehead atoms. The van der Waals surface area contributed by atoms with Crippen LogP contribution in [0.25, 0.3) is 0 Å². The number of carbonyl (C=O) groups excluding carboxylic acids is 1. The number of amides is 1. The van der Waals surface area contributed by atoms with Crippen LogP contribution in [0.5, 0.6) is 0 Å². The SMILES string of the molecule is CCC(C)NC(=O)CN(c1cccc(Cl)c1)S(=O)(=O)c1ccc(C)cc1. The average Bonchev–Trinajstić information content (AvgIpc) is 2.59. The van der Waals surface area contributed by atoms with Gasteiger partial charge in [-0.3, -0.25) is 9.10 Å². The van der Waals surface area contributed by atoms with Crippen LogP contribution in [-0.4, -0.2) is 26.9 Å². The van der Waals surface area contributed by atoms with E-state index in [1.807, 2.05) is 20.8 Å². The summed E-state index contributed by atoms with van der Waals surface area (Å²) in [7, 11) is -3.91. The van der Waals surface area contributed by atoms with Crippen LogP contribution in [0, 0.1) is 6.92 Å². The summed E-state index contributed by atoms with van der Waals surface area (Å²) in [5.41, 5.74) is 1.30. The third kappa shape index (κ3) is 4.99. The fourth-order valence-electron chi connectivity index (χ4n) is 2.34. The Bertz CT molecular complexity index is 867. The number of anilines is 1. The molecule has 0 aromatic heterocycles. The highest BCUT2D eigenvalue weighted by Gasteiger charge is 2.27. The predicted octanol–water partition coefficient (Wildman–Crippen LogP) is 3.76. The van der Waals surface area contributed by atoms with E-state index in [0.717, 1.165) is 16.3 Å². The first kappa shape index (κ1) is 20.3. The molecular weight excluding hydrogens is 372 g/mol. The van der Waals surface area contributed by atoms with Crippen molar-refractivity contribution < 1.29 is 13.2 Å². The van der Waals surface area contributed by atoms with Gasteiger partial charge in [0, 0.05) is 11.1 Å². The van der Waals surface area contributed by atoms with Crippen LogP contribution in [0.2, 0.25) is 5.02 Å². The summed E-state index contributed by atoms with van der Waals surface area (Å²) in [6.45, 7) is 5.38. The first-order chi connectivity index (χ1) is 12.2. The molecule has 1 amide bonds. The third-order valence-corrected chi connectivity index (χ3v) is 6.04. The molecule has 1 unspecified atom stereocenters. The maximum Gasteiger partial charge on any atom is 0.264 e. The highest BCUT2D eigenvalue weighted by atomic mass is 35.5. The summed E-state index contributed by atoms with van der Waals surface area (Å²) in [6.07, 6.45) is 0.758. The minimum Gasteiger partial charge on any atom is -0.352 e. The number of benzene rings is 2. The zero-order chi connectivity index (χ0) is 19.3. The zero-order valence-corrected chi connectivity index (χ0v) is 16.6. The number of carbonyl (C=O) groups is 1. The van der Waals surface area contributed by atoms with Crippen molar-refractivity contribution in [1.82, 2.24) is 5.32 Å². The van der Waals surface area contributed by atoms with Crippen LogP contribution in [0.1, 0.15) is 25.8 Å². The van der Waals surface area contributed by atoms with Gasteiger partial charge in [0.1, 0.15) is 6.54 Å². The number of halogens is 1. The van der Waals surface area contributed by atoms with Crippen molar-refractivity contribution in [3.8, 4) is 0 Å². The fourth-order valence-corrected chi connectivity index (χ4v) is 3.93. The van der Waals surface area contributed by atoms with Crippen LogP contribution in [-0.2, 0) is 14.8 Å². The molecule has 1 N–H and O–H groups in total. The van der Waals surface area contributed by atoms with Gasteiger partial charge in [-0.1, -0.05) is 42.3 Å². The van der Waals surface area contributed by atoms with Gasteiger partial charge in [0.2, 0.25) is 5.91 Å². The Hall–Kier alpha value is -2.05. The van der Waals surface area contributed by atoms with Crippen molar-refractivity contribution >= 4 is 33.2 Å². The molecule has 26 heavy (non-hydrogen) atoms. The summed E-state index contributed by atoms with van der Waals surface area (Å²) in [6, 6.07) is 12.9. The van der Waals surface area contributed by atoms with E-state index in [2.05, 4.69) is 5.32 Å². The van der Waals surface area contributed by atoms with Gasteiger partial charge in [0.15, 0.2) is 0 Å². The largest absolute Gasteiger partial charge is 0.352 e. The maximum absolute atomic E-state index is 13.1. The smallest absolute Gasteiger partial charge is 0.264 e. The molecule has 1 atom stereocenters. The summed E-state index contributed by atoms with van der Waals surface area (Å²) in [5.74, 6) is -0.366. The van der Waals surface area contributed by atoms with Crippen molar-refractivity contribution in [1.29, 1.82) is 0 Å². The Balaban J connectivity index is 2.42. The average molecular weight is 395 g/mol. The van der Waals surface area contributed by atoms with Gasteiger partial charge in [0.05, 0.1) is 10.6 Å². The van der Waals surface area contributed by atoms with Gasteiger partial charge in [-0.25, -0.2) is 8.42 Å². The van der Waals surface area contributed by atoms with Crippen LogP contribution < -0.4 is 9.62 Å². The Labute approximate surface area is 160 Å². The molecule has 140 valence electrons. The second-order valence-electron chi connectivity index (χ2n) is 6.18. The lowest BCUT2D eigenvalue weighted by atomic mass is 10.2. The Morgan fingerprint density at radius 1 is 1.19 bits per heavy atom. The molecule has 0 aliphatic rings. The summed E-state index contributed by atoms with van der Waals surface area (Å²) >= 11 is 6.03. The van der Waals surface area contributed by atoms with E-state index in [-0.39, 0.29) is 23.4 Å². The molecule has 0 heterocycles. The van der Waals surface area contributed by atoms with Crippen molar-refractivity contribution in [2.75, 3.05) is 10.8 Å². The first-order valence-electron chi connectivity index (χ1n) is 8.38. The van der Waals surface area contributed by atoms with Crippen LogP contribution in [0.3, 0.4) is 0 Å². The zero-order valence-electron chi connectivity index (χ0n) is 15.1. The molecule has 0 saturated carbocycles. The van der Waals surface area contributed by atoms with Gasteiger partial charge in [-0.2, -0.15) is 0 Å². The third-order valence-electron chi connectivity index (χ3n) is 4.01. The molecule has 2 aromatic carbocycles. The van der Waals surface area contributed by atoms with Crippen molar-refractivity contribution in [3.63, 3.8) is 0 Å². The minimum absolute atomic E-state index is 0.0363. The number of hydrogen-bond donors (Lipinski definition) is 1. The maximum atomic E-state index is 13.1. The van der Waals surface area contributed by atoms with Crippen molar-refractivity contribution in [2.45, 2.75) is 38.1 Å². The number of aryl methyl sites for hydroxylation is 1. The summed E-state index contributed by atoms with van der Waals surface area (Å²) in [5, 5.41) is 3.20. The molecule has 0 spiro atoms. The van der Waals surface area contributed by atoms with E-state index in [1.54, 1.807) is 30.3 Å². The van der Waals surface area contributed by atoms with Crippen LogP contribution in [0.15, 0.2) is 53.4 Å². The van der Waals surface area contributed by atoms with Crippen molar-refractivity contribution in [3.05, 3.63) is 59.1 Å². The normalized spacial score (nSPS) is 12.5. The highest BCUT2D eigenvalue weighted by Crippen LogP contribution is 2.26. The lowest BCUT2D eigenvalue weighted by molar-refractivity contribution is -0.120. The second kappa shape index (κ2) is 8.56. The number of rotatable bonds is 7. The number of hydrogen-bond acceptors (Lipinski definition) is 3. The van der Waals surface area contributed by atoms with E-state index < -0.39 is 10.0 Å². The van der Waals surface area contributed by atoms with Crippen molar-refractivity contribution in [2.24, 2.45) is 0 Å². The molecule has 0 aliphatic carbocycles. The van der Waals surface area contributed by atoms with E-state index in [9.17, 15) is 13.2 Å². The summed E-state index contributed by atoms with van der Waals surface area (Å²) < 4.78 is 27.4. The van der Waals surface area contributed by atoms with Gasteiger partial charge >= 0.3 is 0 Å². The second-order valence-corrected chi connectivity index (χ2v) is 8.48. The van der Waals surface area contributed by atoms with E-state index in [4.69, 9.17) is 11.6 Å². The van der Waals surface area contributed by atoms with E-state index in [0.29, 0.717) is 10.7 Å². The highest BCUT2D eigenvalue weighted by molar-refractivity contribution is 7.92.